The third-order valence-corrected chi connectivity index (χ3v) is 23.9. The van der Waals surface area contributed by atoms with Crippen LogP contribution in [0, 0.1) is 0 Å². The van der Waals surface area contributed by atoms with Crippen LogP contribution in [0.2, 0.25) is 16.7 Å². The van der Waals surface area contributed by atoms with Crippen LogP contribution in [0.3, 0.4) is 0 Å². The summed E-state index contributed by atoms with van der Waals surface area (Å²) in [6.45, 7) is 5.12. The average Bonchev–Trinajstić information content (AvgIpc) is 3.16. The molecule has 0 saturated heterocycles. The van der Waals surface area contributed by atoms with Gasteiger partial charge in [0.25, 0.3) is 0 Å². The summed E-state index contributed by atoms with van der Waals surface area (Å²) in [6.07, 6.45) is 9.50. The Hall–Kier alpha value is -0.980. The Balaban J connectivity index is 1.96. The molecule has 2 aromatic carbocycles. The number of benzene rings is 2. The normalized spacial score (nSPS) is 15.9. The van der Waals surface area contributed by atoms with Gasteiger partial charge in [0, 0.05) is 0 Å². The monoisotopic (exact) mass is 378 g/mol. The van der Waals surface area contributed by atoms with Gasteiger partial charge in [0.15, 0.2) is 0 Å². The average molecular weight is 380 g/mol. The van der Waals surface area contributed by atoms with Crippen molar-refractivity contribution in [2.75, 3.05) is 0 Å². The summed E-state index contributed by atoms with van der Waals surface area (Å²) in [4.78, 5) is 0. The van der Waals surface area contributed by atoms with Gasteiger partial charge in [-0.05, 0) is 0 Å². The van der Waals surface area contributed by atoms with Gasteiger partial charge < -0.3 is 0 Å². The summed E-state index contributed by atoms with van der Waals surface area (Å²) in [7, 11) is 0. The number of rotatable bonds is 2. The quantitative estimate of drug-likeness (QED) is 0.601. The van der Waals surface area contributed by atoms with Crippen molar-refractivity contribution in [1.82, 2.24) is 0 Å². The van der Waals surface area contributed by atoms with Crippen molar-refractivity contribution in [1.29, 1.82) is 0 Å². The van der Waals surface area contributed by atoms with Crippen LogP contribution in [0.5, 0.6) is 0 Å². The first-order chi connectivity index (χ1) is 10.8. The van der Waals surface area contributed by atoms with E-state index in [4.69, 9.17) is 0 Å². The molecule has 0 heterocycles. The van der Waals surface area contributed by atoms with Crippen LogP contribution in [0.25, 0.3) is 11.1 Å². The van der Waals surface area contributed by atoms with Crippen molar-refractivity contribution in [3.05, 3.63) is 84.0 Å². The summed E-state index contributed by atoms with van der Waals surface area (Å²) in [5, 5.41) is 0. The molecule has 0 unspecified atom stereocenters. The molecule has 0 amide bonds. The molecule has 0 saturated carbocycles. The van der Waals surface area contributed by atoms with E-state index in [0.29, 0.717) is 0 Å². The summed E-state index contributed by atoms with van der Waals surface area (Å²) < 4.78 is 1.53. The van der Waals surface area contributed by atoms with Crippen molar-refractivity contribution < 1.29 is 20.4 Å². The van der Waals surface area contributed by atoms with Crippen LogP contribution < -0.4 is 0 Å². The van der Waals surface area contributed by atoms with E-state index >= 15 is 0 Å². The van der Waals surface area contributed by atoms with E-state index < -0.39 is 20.4 Å². The maximum absolute atomic E-state index is 2.56. The fraction of sp³-hybridized carbons (Fsp3) is 0.200. The first kappa shape index (κ1) is 14.6. The molecule has 2 aliphatic rings. The molecule has 2 heteroatoms. The first-order valence-electron chi connectivity index (χ1n) is 7.98. The van der Waals surface area contributed by atoms with E-state index in [-0.39, 0.29) is 5.43 Å². The van der Waals surface area contributed by atoms with Gasteiger partial charge in [-0.1, -0.05) is 0 Å². The molecular formula is C20H20SiZr. The van der Waals surface area contributed by atoms with Gasteiger partial charge in [0.2, 0.25) is 0 Å². The molecule has 0 aromatic heterocycles. The molecule has 108 valence electrons. The number of hydrogen-bond acceptors (Lipinski definition) is 0. The van der Waals surface area contributed by atoms with Gasteiger partial charge in [-0.25, -0.2) is 0 Å². The van der Waals surface area contributed by atoms with Gasteiger partial charge in [-0.3, -0.25) is 0 Å². The predicted octanol–water partition coefficient (Wildman–Crippen LogP) is 5.54. The fourth-order valence-electron chi connectivity index (χ4n) is 3.94. The molecule has 0 nitrogen and oxygen atoms in total. The van der Waals surface area contributed by atoms with E-state index in [1.807, 2.05) is 0 Å². The summed E-state index contributed by atoms with van der Waals surface area (Å²) >= 11 is -1.65. The minimum absolute atomic E-state index is 0.228. The molecule has 0 radical (unpaired) electrons. The fourth-order valence-corrected chi connectivity index (χ4v) is 22.7. The van der Waals surface area contributed by atoms with E-state index in [1.54, 1.807) is 11.1 Å². The summed E-state index contributed by atoms with van der Waals surface area (Å²) in [5.74, 6) is 0. The molecule has 4 rings (SSSR count). The van der Waals surface area contributed by atoms with Crippen LogP contribution >= 0.6 is 0 Å². The van der Waals surface area contributed by atoms with Gasteiger partial charge in [-0.15, -0.1) is 0 Å². The standard InChI is InChI=1S/C13H9.C5H5.C2H6Si.Zr/c1-3-7-12-10(5-1)9-11-6-2-4-8-13(11)12;1-2-4-5-3-1;1-3-2;/h1-9H;1-5H;1-2H3;. The molecule has 0 atom stereocenters. The zero-order valence-corrected chi connectivity index (χ0v) is 16.5. The molecule has 0 fully saturated rings. The van der Waals surface area contributed by atoms with E-state index in [2.05, 4.69) is 85.9 Å². The Labute approximate surface area is 140 Å². The molecule has 0 N–H and O–H groups in total. The number of hydrogen-bond donors (Lipinski definition) is 0. The third-order valence-electron chi connectivity index (χ3n) is 4.83. The first-order valence-corrected chi connectivity index (χ1v) is 17.0. The molecule has 0 bridgehead atoms. The molecular weight excluding hydrogens is 360 g/mol. The van der Waals surface area contributed by atoms with Crippen LogP contribution in [-0.4, -0.2) is 5.43 Å². The Bertz CT molecular complexity index is 768. The zero-order chi connectivity index (χ0) is 15.1. The van der Waals surface area contributed by atoms with Crippen molar-refractivity contribution in [3.8, 4) is 11.1 Å². The van der Waals surface area contributed by atoms with Crippen LogP contribution in [0.15, 0.2) is 72.8 Å². The van der Waals surface area contributed by atoms with Crippen molar-refractivity contribution in [3.63, 3.8) is 0 Å². The summed E-state index contributed by atoms with van der Waals surface area (Å²) in [6, 6.07) is 18.3. The van der Waals surface area contributed by atoms with Gasteiger partial charge in [0.05, 0.1) is 0 Å². The second kappa shape index (κ2) is 5.91. The van der Waals surface area contributed by atoms with Gasteiger partial charge in [0.1, 0.15) is 0 Å². The SMILES string of the molecule is C[Si](C)=[Zr]([CH]1C=CC=C1)[CH]1c2ccccc2-c2ccccc21. The van der Waals surface area contributed by atoms with Gasteiger partial charge in [-0.2, -0.15) is 0 Å². The summed E-state index contributed by atoms with van der Waals surface area (Å²) in [5.41, 5.74) is 6.01. The van der Waals surface area contributed by atoms with Crippen LogP contribution in [0.4, 0.5) is 0 Å². The predicted molar refractivity (Wildman–Crippen MR) is 93.2 cm³/mol. The Morgan fingerprint density at radius 2 is 1.27 bits per heavy atom. The molecule has 0 aliphatic heterocycles. The van der Waals surface area contributed by atoms with E-state index in [0.717, 1.165) is 7.25 Å². The second-order valence-corrected chi connectivity index (χ2v) is 24.4. The molecule has 2 aliphatic carbocycles. The van der Waals surface area contributed by atoms with E-state index in [1.165, 1.54) is 11.1 Å². The second-order valence-electron chi connectivity index (χ2n) is 6.36. The van der Waals surface area contributed by atoms with Crippen LogP contribution in [0.1, 0.15) is 14.8 Å². The minimum atomic E-state index is -1.65. The molecule has 22 heavy (non-hydrogen) atoms. The van der Waals surface area contributed by atoms with E-state index in [9.17, 15) is 0 Å². The van der Waals surface area contributed by atoms with Gasteiger partial charge >= 0.3 is 141 Å². The number of allylic oxidation sites excluding steroid dienone is 4. The topological polar surface area (TPSA) is 0 Å². The molecule has 0 spiro atoms. The Morgan fingerprint density at radius 3 is 1.77 bits per heavy atom. The maximum atomic E-state index is 2.56. The van der Waals surface area contributed by atoms with Crippen molar-refractivity contribution >= 4 is 5.43 Å². The Kier molecular flexibility index (Phi) is 3.92. The zero-order valence-electron chi connectivity index (χ0n) is 13.1. The van der Waals surface area contributed by atoms with Crippen molar-refractivity contribution in [2.24, 2.45) is 0 Å². The third kappa shape index (κ3) is 2.28. The Morgan fingerprint density at radius 1 is 0.773 bits per heavy atom. The number of fused-ring (bicyclic) bond motifs is 3. The van der Waals surface area contributed by atoms with Crippen LogP contribution in [-0.2, 0) is 20.4 Å². The molecule has 2 aromatic rings. The van der Waals surface area contributed by atoms with Crippen molar-refractivity contribution in [2.45, 2.75) is 20.3 Å².